The third kappa shape index (κ3) is 4.22. The summed E-state index contributed by atoms with van der Waals surface area (Å²) in [4.78, 5) is 11.0. The van der Waals surface area contributed by atoms with Gasteiger partial charge in [-0.25, -0.2) is 4.79 Å². The van der Waals surface area contributed by atoms with E-state index in [2.05, 4.69) is 5.32 Å². The van der Waals surface area contributed by atoms with Crippen LogP contribution in [-0.4, -0.2) is 43.5 Å². The van der Waals surface area contributed by atoms with E-state index in [-0.39, 0.29) is 5.56 Å². The maximum absolute atomic E-state index is 11.0. The fourth-order valence-corrected chi connectivity index (χ4v) is 2.09. The summed E-state index contributed by atoms with van der Waals surface area (Å²) in [7, 11) is 0. The topological polar surface area (TPSA) is 67.8 Å². The Labute approximate surface area is 112 Å². The highest BCUT2D eigenvalue weighted by molar-refractivity contribution is 5.90. The monoisotopic (exact) mass is 265 g/mol. The molecule has 1 aliphatic rings. The van der Waals surface area contributed by atoms with E-state index in [0.717, 1.165) is 26.1 Å². The molecule has 0 aromatic heterocycles. The highest BCUT2D eigenvalue weighted by atomic mass is 16.5. The van der Waals surface area contributed by atoms with Gasteiger partial charge in [-0.15, -0.1) is 0 Å². The third-order valence-corrected chi connectivity index (χ3v) is 3.13. The van der Waals surface area contributed by atoms with Gasteiger partial charge in [0, 0.05) is 25.8 Å². The van der Waals surface area contributed by atoms with Crippen molar-refractivity contribution in [2.75, 3.05) is 26.4 Å². The number of aromatic carboxylic acids is 1. The van der Waals surface area contributed by atoms with E-state index >= 15 is 0 Å². The van der Waals surface area contributed by atoms with E-state index < -0.39 is 5.97 Å². The molecule has 5 heteroatoms. The summed E-state index contributed by atoms with van der Waals surface area (Å²) >= 11 is 0. The van der Waals surface area contributed by atoms with Crippen LogP contribution in [0.2, 0.25) is 0 Å². The molecule has 1 saturated heterocycles. The number of rotatable bonds is 6. The van der Waals surface area contributed by atoms with Crippen molar-refractivity contribution in [3.63, 3.8) is 0 Å². The van der Waals surface area contributed by atoms with E-state index in [9.17, 15) is 4.79 Å². The lowest BCUT2D eigenvalue weighted by Crippen LogP contribution is -2.37. The van der Waals surface area contributed by atoms with Crippen LogP contribution in [0.15, 0.2) is 24.3 Å². The molecule has 0 aliphatic carbocycles. The molecule has 19 heavy (non-hydrogen) atoms. The Balaban J connectivity index is 1.74. The molecule has 0 radical (unpaired) electrons. The number of ether oxygens (including phenoxy) is 2. The van der Waals surface area contributed by atoms with Crippen molar-refractivity contribution in [1.82, 2.24) is 5.32 Å². The second kappa shape index (κ2) is 7.11. The van der Waals surface area contributed by atoms with Gasteiger partial charge >= 0.3 is 5.97 Å². The second-order valence-corrected chi connectivity index (χ2v) is 4.49. The maximum atomic E-state index is 11.0. The highest BCUT2D eigenvalue weighted by Gasteiger charge is 2.13. The van der Waals surface area contributed by atoms with Gasteiger partial charge in [0.1, 0.15) is 17.9 Å². The molecule has 1 heterocycles. The molecule has 0 unspecified atom stereocenters. The van der Waals surface area contributed by atoms with Gasteiger partial charge in [0.15, 0.2) is 0 Å². The molecule has 1 aromatic carbocycles. The first-order valence-corrected chi connectivity index (χ1v) is 6.53. The third-order valence-electron chi connectivity index (χ3n) is 3.13. The first kappa shape index (κ1) is 13.8. The highest BCUT2D eigenvalue weighted by Crippen LogP contribution is 2.17. The molecule has 2 rings (SSSR count). The van der Waals surface area contributed by atoms with Crippen LogP contribution in [0, 0.1) is 0 Å². The summed E-state index contributed by atoms with van der Waals surface area (Å²) in [5.41, 5.74) is 0.202. The molecule has 2 N–H and O–H groups in total. The lowest BCUT2D eigenvalue weighted by atomic mass is 10.1. The van der Waals surface area contributed by atoms with Gasteiger partial charge < -0.3 is 19.9 Å². The average Bonchev–Trinajstić information content (AvgIpc) is 2.45. The molecule has 0 bridgehead atoms. The zero-order valence-corrected chi connectivity index (χ0v) is 10.8. The Hall–Kier alpha value is -1.59. The van der Waals surface area contributed by atoms with Gasteiger partial charge in [-0.3, -0.25) is 0 Å². The summed E-state index contributed by atoms with van der Waals surface area (Å²) in [6, 6.07) is 7.17. The Morgan fingerprint density at radius 3 is 2.84 bits per heavy atom. The Bertz CT molecular complexity index is 416. The molecule has 0 amide bonds. The molecular formula is C14H19NO4. The molecule has 5 nitrogen and oxygen atoms in total. The summed E-state index contributed by atoms with van der Waals surface area (Å²) < 4.78 is 10.8. The number of carbonyl (C=O) groups is 1. The first-order chi connectivity index (χ1) is 9.27. The average molecular weight is 265 g/mol. The van der Waals surface area contributed by atoms with Crippen LogP contribution in [0.1, 0.15) is 23.2 Å². The van der Waals surface area contributed by atoms with Crippen LogP contribution >= 0.6 is 0 Å². The first-order valence-electron chi connectivity index (χ1n) is 6.53. The van der Waals surface area contributed by atoms with Gasteiger partial charge in [-0.05, 0) is 25.0 Å². The van der Waals surface area contributed by atoms with Crippen molar-refractivity contribution in [1.29, 1.82) is 0 Å². The fourth-order valence-electron chi connectivity index (χ4n) is 2.09. The lowest BCUT2D eigenvalue weighted by Gasteiger charge is -2.23. The summed E-state index contributed by atoms with van der Waals surface area (Å²) in [5.74, 6) is -0.545. The number of benzene rings is 1. The lowest BCUT2D eigenvalue weighted by molar-refractivity contribution is 0.0690. The molecule has 1 aromatic rings. The van der Waals surface area contributed by atoms with Crippen molar-refractivity contribution in [2.45, 2.75) is 18.9 Å². The van der Waals surface area contributed by atoms with Gasteiger partial charge in [-0.2, -0.15) is 0 Å². The molecule has 1 fully saturated rings. The fraction of sp³-hybridized carbons (Fsp3) is 0.500. The predicted molar refractivity (Wildman–Crippen MR) is 70.7 cm³/mol. The summed E-state index contributed by atoms with van der Waals surface area (Å²) in [6.07, 6.45) is 2.04. The summed E-state index contributed by atoms with van der Waals surface area (Å²) in [6.45, 7) is 2.78. The van der Waals surface area contributed by atoms with Gasteiger partial charge in [0.2, 0.25) is 0 Å². The van der Waals surface area contributed by atoms with Crippen molar-refractivity contribution in [3.8, 4) is 5.75 Å². The van der Waals surface area contributed by atoms with Crippen LogP contribution in [0.5, 0.6) is 5.75 Å². The molecule has 0 atom stereocenters. The van der Waals surface area contributed by atoms with E-state index in [1.165, 1.54) is 0 Å². The van der Waals surface area contributed by atoms with Crippen molar-refractivity contribution < 1.29 is 19.4 Å². The van der Waals surface area contributed by atoms with Gasteiger partial charge in [-0.1, -0.05) is 12.1 Å². The smallest absolute Gasteiger partial charge is 0.339 e. The minimum Gasteiger partial charge on any atom is -0.491 e. The van der Waals surface area contributed by atoms with Crippen LogP contribution in [-0.2, 0) is 4.74 Å². The Morgan fingerprint density at radius 2 is 2.11 bits per heavy atom. The van der Waals surface area contributed by atoms with Gasteiger partial charge in [0.05, 0.1) is 0 Å². The standard InChI is InChI=1S/C14H19NO4/c16-14(17)12-3-1-2-4-13(12)19-10-7-15-11-5-8-18-9-6-11/h1-4,11,15H,5-10H2,(H,16,17). The maximum Gasteiger partial charge on any atom is 0.339 e. The molecule has 1 aliphatic heterocycles. The van der Waals surface area contributed by atoms with Crippen LogP contribution in [0.3, 0.4) is 0 Å². The molecule has 104 valence electrons. The van der Waals surface area contributed by atoms with Crippen LogP contribution in [0.25, 0.3) is 0 Å². The van der Waals surface area contributed by atoms with Crippen LogP contribution < -0.4 is 10.1 Å². The summed E-state index contributed by atoms with van der Waals surface area (Å²) in [5, 5.41) is 12.4. The second-order valence-electron chi connectivity index (χ2n) is 4.49. The SMILES string of the molecule is O=C(O)c1ccccc1OCCNC1CCOCC1. The zero-order chi connectivity index (χ0) is 13.5. The van der Waals surface area contributed by atoms with Gasteiger partial charge in [0.25, 0.3) is 0 Å². The largest absolute Gasteiger partial charge is 0.491 e. The number of hydrogen-bond donors (Lipinski definition) is 2. The Kier molecular flexibility index (Phi) is 5.18. The number of carboxylic acids is 1. The number of carboxylic acid groups (broad SMARTS) is 1. The number of nitrogens with one attached hydrogen (secondary N) is 1. The minimum absolute atomic E-state index is 0.202. The molecular weight excluding hydrogens is 246 g/mol. The quantitative estimate of drug-likeness (QED) is 0.764. The van der Waals surface area contributed by atoms with E-state index in [1.54, 1.807) is 24.3 Å². The Morgan fingerprint density at radius 1 is 1.37 bits per heavy atom. The van der Waals surface area contributed by atoms with Crippen LogP contribution in [0.4, 0.5) is 0 Å². The van der Waals surface area contributed by atoms with E-state index in [0.29, 0.717) is 24.9 Å². The minimum atomic E-state index is -0.965. The van der Waals surface area contributed by atoms with Crippen molar-refractivity contribution in [2.24, 2.45) is 0 Å². The normalized spacial score (nSPS) is 16.2. The van der Waals surface area contributed by atoms with E-state index in [4.69, 9.17) is 14.6 Å². The zero-order valence-electron chi connectivity index (χ0n) is 10.8. The van der Waals surface area contributed by atoms with Crippen molar-refractivity contribution in [3.05, 3.63) is 29.8 Å². The molecule has 0 saturated carbocycles. The molecule has 0 spiro atoms. The number of hydrogen-bond acceptors (Lipinski definition) is 4. The number of para-hydroxylation sites is 1. The van der Waals surface area contributed by atoms with Crippen molar-refractivity contribution >= 4 is 5.97 Å². The van der Waals surface area contributed by atoms with E-state index in [1.807, 2.05) is 0 Å². The predicted octanol–water partition coefficient (Wildman–Crippen LogP) is 1.53.